The zero-order valence-electron chi connectivity index (χ0n) is 18.2. The van der Waals surface area contributed by atoms with Crippen molar-refractivity contribution in [2.75, 3.05) is 7.11 Å². The molecule has 0 fully saturated rings. The fourth-order valence-corrected chi connectivity index (χ4v) is 5.81. The second kappa shape index (κ2) is 8.01. The van der Waals surface area contributed by atoms with Gasteiger partial charge in [-0.3, -0.25) is 9.36 Å². The summed E-state index contributed by atoms with van der Waals surface area (Å²) < 4.78 is 7.95. The lowest BCUT2D eigenvalue weighted by Gasteiger charge is -2.30. The van der Waals surface area contributed by atoms with Gasteiger partial charge in [0.2, 0.25) is 0 Å². The van der Waals surface area contributed by atoms with Gasteiger partial charge in [0, 0.05) is 5.56 Å². The number of allylic oxidation sites excluding steroid dienone is 1. The van der Waals surface area contributed by atoms with Crippen LogP contribution in [0.25, 0.3) is 11.8 Å². The van der Waals surface area contributed by atoms with E-state index in [-0.39, 0.29) is 11.6 Å². The van der Waals surface area contributed by atoms with Gasteiger partial charge in [0.1, 0.15) is 5.75 Å². The van der Waals surface area contributed by atoms with Crippen LogP contribution in [-0.2, 0) is 6.42 Å². The maximum absolute atomic E-state index is 13.7. The van der Waals surface area contributed by atoms with Crippen LogP contribution in [0.15, 0.2) is 94.2 Å². The van der Waals surface area contributed by atoms with Crippen LogP contribution in [0, 0.1) is 0 Å². The van der Waals surface area contributed by atoms with Crippen LogP contribution in [0.5, 0.6) is 5.75 Å². The second-order valence-electron chi connectivity index (χ2n) is 8.30. The fourth-order valence-electron chi connectivity index (χ4n) is 4.81. The van der Waals surface area contributed by atoms with E-state index in [0.717, 1.165) is 40.2 Å². The highest BCUT2D eigenvalue weighted by atomic mass is 32.1. The molecule has 0 saturated carbocycles. The van der Waals surface area contributed by atoms with E-state index < -0.39 is 0 Å². The summed E-state index contributed by atoms with van der Waals surface area (Å²) in [4.78, 5) is 19.5. The molecule has 33 heavy (non-hydrogen) atoms. The first-order chi connectivity index (χ1) is 16.2. The van der Waals surface area contributed by atoms with Gasteiger partial charge in [-0.1, -0.05) is 78.1 Å². The van der Waals surface area contributed by atoms with Gasteiger partial charge in [-0.15, -0.1) is 0 Å². The molecule has 0 saturated heterocycles. The highest BCUT2D eigenvalue weighted by Gasteiger charge is 2.32. The number of aromatic nitrogens is 1. The lowest BCUT2D eigenvalue weighted by Crippen LogP contribution is -2.38. The summed E-state index contributed by atoms with van der Waals surface area (Å²) in [5.41, 5.74) is 6.81. The minimum absolute atomic E-state index is 0.00818. The van der Waals surface area contributed by atoms with Crippen molar-refractivity contribution in [3.05, 3.63) is 126 Å². The first-order valence-electron chi connectivity index (χ1n) is 11.0. The molecule has 0 N–H and O–H groups in total. The standard InChI is InChI=1S/C28H22N2O2S/c1-32-21-14-11-20(12-15-21)26-23-16-13-19-9-5-6-10-22(19)25(23)29-28-30(26)27(31)24(33-28)17-18-7-3-2-4-8-18/h2-12,14-15,17,26H,13,16H2,1H3. The zero-order chi connectivity index (χ0) is 22.4. The molecule has 1 aliphatic heterocycles. The number of benzene rings is 3. The number of thiazole rings is 1. The van der Waals surface area contributed by atoms with E-state index in [1.807, 2.05) is 53.1 Å². The topological polar surface area (TPSA) is 43.6 Å². The summed E-state index contributed by atoms with van der Waals surface area (Å²) >= 11 is 1.46. The van der Waals surface area contributed by atoms with E-state index in [0.29, 0.717) is 4.53 Å². The monoisotopic (exact) mass is 450 g/mol. The SMILES string of the molecule is COc1ccc(C2C3=C(N=c4sc(=Cc5ccccc5)c(=O)n42)c2ccccc2CC3)cc1. The van der Waals surface area contributed by atoms with Crippen molar-refractivity contribution in [1.82, 2.24) is 4.57 Å². The molecule has 0 amide bonds. The van der Waals surface area contributed by atoms with Crippen molar-refractivity contribution in [1.29, 1.82) is 0 Å². The Morgan fingerprint density at radius 1 is 0.970 bits per heavy atom. The van der Waals surface area contributed by atoms with Gasteiger partial charge in [0.05, 0.1) is 23.4 Å². The molecule has 0 spiro atoms. The van der Waals surface area contributed by atoms with Crippen molar-refractivity contribution in [3.8, 4) is 5.75 Å². The summed E-state index contributed by atoms with van der Waals surface area (Å²) in [6, 6.07) is 26.3. The van der Waals surface area contributed by atoms with Crippen molar-refractivity contribution in [2.45, 2.75) is 18.9 Å². The van der Waals surface area contributed by atoms with Crippen LogP contribution < -0.4 is 19.6 Å². The van der Waals surface area contributed by atoms with Crippen molar-refractivity contribution in [3.63, 3.8) is 0 Å². The molecule has 5 heteroatoms. The van der Waals surface area contributed by atoms with Crippen LogP contribution in [0.1, 0.15) is 34.7 Å². The van der Waals surface area contributed by atoms with Gasteiger partial charge in [0.25, 0.3) is 5.56 Å². The number of fused-ring (bicyclic) bond motifs is 3. The molecule has 0 radical (unpaired) electrons. The highest BCUT2D eigenvalue weighted by molar-refractivity contribution is 7.07. The van der Waals surface area contributed by atoms with Crippen LogP contribution in [-0.4, -0.2) is 11.7 Å². The third kappa shape index (κ3) is 3.36. The summed E-state index contributed by atoms with van der Waals surface area (Å²) in [6.45, 7) is 0. The Kier molecular flexibility index (Phi) is 4.84. The summed E-state index contributed by atoms with van der Waals surface area (Å²) in [7, 11) is 1.67. The molecule has 4 aromatic rings. The number of rotatable bonds is 3. The smallest absolute Gasteiger partial charge is 0.271 e. The molecule has 2 aliphatic rings. The minimum atomic E-state index is -0.173. The molecule has 2 heterocycles. The van der Waals surface area contributed by atoms with Gasteiger partial charge in [-0.25, -0.2) is 4.99 Å². The third-order valence-corrected chi connectivity index (χ3v) is 7.38. The molecule has 0 bridgehead atoms. The number of ether oxygens (including phenoxy) is 1. The highest BCUT2D eigenvalue weighted by Crippen LogP contribution is 2.41. The van der Waals surface area contributed by atoms with Gasteiger partial charge < -0.3 is 4.74 Å². The normalized spacial score (nSPS) is 17.1. The van der Waals surface area contributed by atoms with Gasteiger partial charge in [-0.2, -0.15) is 0 Å². The van der Waals surface area contributed by atoms with Crippen molar-refractivity contribution < 1.29 is 4.74 Å². The Morgan fingerprint density at radius 3 is 2.52 bits per heavy atom. The predicted octanol–water partition coefficient (Wildman–Crippen LogP) is 4.33. The number of aryl methyl sites for hydroxylation is 1. The van der Waals surface area contributed by atoms with Crippen molar-refractivity contribution in [2.24, 2.45) is 4.99 Å². The van der Waals surface area contributed by atoms with E-state index in [1.54, 1.807) is 7.11 Å². The number of hydrogen-bond donors (Lipinski definition) is 0. The Bertz CT molecular complexity index is 1560. The lowest BCUT2D eigenvalue weighted by atomic mass is 9.83. The maximum Gasteiger partial charge on any atom is 0.271 e. The Hall–Kier alpha value is -3.70. The van der Waals surface area contributed by atoms with Crippen molar-refractivity contribution >= 4 is 23.1 Å². The Morgan fingerprint density at radius 2 is 1.73 bits per heavy atom. The largest absolute Gasteiger partial charge is 0.497 e. The Labute approximate surface area is 195 Å². The van der Waals surface area contributed by atoms with Crippen LogP contribution in [0.2, 0.25) is 0 Å². The molecule has 1 aliphatic carbocycles. The first kappa shape index (κ1) is 19.9. The molecule has 1 unspecified atom stereocenters. The van der Waals surface area contributed by atoms with E-state index in [1.165, 1.54) is 28.0 Å². The minimum Gasteiger partial charge on any atom is -0.497 e. The second-order valence-corrected chi connectivity index (χ2v) is 9.31. The number of methoxy groups -OCH3 is 1. The van der Waals surface area contributed by atoms with E-state index in [4.69, 9.17) is 9.73 Å². The molecule has 3 aromatic carbocycles. The zero-order valence-corrected chi connectivity index (χ0v) is 19.0. The van der Waals surface area contributed by atoms with E-state index >= 15 is 0 Å². The summed E-state index contributed by atoms with van der Waals surface area (Å²) in [5.74, 6) is 0.804. The molecular formula is C28H22N2O2S. The lowest BCUT2D eigenvalue weighted by molar-refractivity contribution is 0.414. The van der Waals surface area contributed by atoms with E-state index in [2.05, 4.69) is 36.4 Å². The van der Waals surface area contributed by atoms with Crippen LogP contribution >= 0.6 is 11.3 Å². The molecular weight excluding hydrogens is 428 g/mol. The quantitative estimate of drug-likeness (QED) is 0.466. The van der Waals surface area contributed by atoms with Crippen LogP contribution in [0.3, 0.4) is 0 Å². The van der Waals surface area contributed by atoms with Gasteiger partial charge >= 0.3 is 0 Å². The summed E-state index contributed by atoms with van der Waals surface area (Å²) in [6.07, 6.45) is 3.80. The molecule has 162 valence electrons. The van der Waals surface area contributed by atoms with Crippen LogP contribution in [0.4, 0.5) is 0 Å². The van der Waals surface area contributed by atoms with E-state index in [9.17, 15) is 4.79 Å². The predicted molar refractivity (Wildman–Crippen MR) is 132 cm³/mol. The first-order valence-corrected chi connectivity index (χ1v) is 11.9. The molecule has 1 aromatic heterocycles. The molecule has 4 nitrogen and oxygen atoms in total. The van der Waals surface area contributed by atoms with Gasteiger partial charge in [0.15, 0.2) is 4.80 Å². The average molecular weight is 451 g/mol. The third-order valence-electron chi connectivity index (χ3n) is 6.40. The molecule has 1 atom stereocenters. The summed E-state index contributed by atoms with van der Waals surface area (Å²) in [5, 5.41) is 0. The molecule has 6 rings (SSSR count). The Balaban J connectivity index is 1.62. The average Bonchev–Trinajstić information content (AvgIpc) is 3.18. The number of nitrogens with zero attached hydrogens (tertiary/aromatic N) is 2. The fraction of sp³-hybridized carbons (Fsp3) is 0.143. The maximum atomic E-state index is 13.7. The van der Waals surface area contributed by atoms with Gasteiger partial charge in [-0.05, 0) is 53.3 Å². The number of hydrogen-bond acceptors (Lipinski definition) is 4.